The number of amides is 1. The summed E-state index contributed by atoms with van der Waals surface area (Å²) in [5.74, 6) is -0.469. The Labute approximate surface area is 159 Å². The summed E-state index contributed by atoms with van der Waals surface area (Å²) in [6.07, 6.45) is 1.74. The van der Waals surface area contributed by atoms with Gasteiger partial charge in [0.2, 0.25) is 5.91 Å². The van der Waals surface area contributed by atoms with Crippen LogP contribution in [0.25, 0.3) is 21.5 Å². The quantitative estimate of drug-likeness (QED) is 0.571. The molecule has 0 saturated heterocycles. The molecular weight excluding hydrogens is 363 g/mol. The molecule has 1 aromatic carbocycles. The molecule has 136 valence electrons. The van der Waals surface area contributed by atoms with E-state index in [4.69, 9.17) is 0 Å². The van der Waals surface area contributed by atoms with E-state index in [0.29, 0.717) is 12.2 Å². The van der Waals surface area contributed by atoms with Crippen LogP contribution >= 0.6 is 11.3 Å². The second-order valence-corrected chi connectivity index (χ2v) is 7.13. The molecule has 0 atom stereocenters. The third-order valence-corrected chi connectivity index (χ3v) is 5.19. The van der Waals surface area contributed by atoms with Gasteiger partial charge in [-0.1, -0.05) is 18.2 Å². The van der Waals surface area contributed by atoms with Crippen LogP contribution in [0, 0.1) is 12.7 Å². The van der Waals surface area contributed by atoms with E-state index in [2.05, 4.69) is 21.5 Å². The van der Waals surface area contributed by atoms with E-state index < -0.39 is 0 Å². The predicted octanol–water partition coefficient (Wildman–Crippen LogP) is 3.92. The molecule has 3 aromatic heterocycles. The first-order valence-electron chi connectivity index (χ1n) is 8.49. The molecule has 0 radical (unpaired) electrons. The fourth-order valence-corrected chi connectivity index (χ4v) is 3.78. The summed E-state index contributed by atoms with van der Waals surface area (Å²) in [7, 11) is 0. The molecule has 0 spiro atoms. The van der Waals surface area contributed by atoms with Gasteiger partial charge in [-0.15, -0.1) is 11.3 Å². The fourth-order valence-electron chi connectivity index (χ4n) is 3.02. The molecule has 4 aromatic rings. The van der Waals surface area contributed by atoms with Gasteiger partial charge in [-0.3, -0.25) is 4.79 Å². The Kier molecular flexibility index (Phi) is 4.68. The lowest BCUT2D eigenvalue weighted by Crippen LogP contribution is -2.27. The van der Waals surface area contributed by atoms with Crippen molar-refractivity contribution in [3.05, 3.63) is 71.1 Å². The topological polar surface area (TPSA) is 59.8 Å². The van der Waals surface area contributed by atoms with Gasteiger partial charge in [-0.25, -0.2) is 14.1 Å². The number of fused-ring (bicyclic) bond motifs is 1. The number of nitrogens with zero attached hydrogens (tertiary/aromatic N) is 3. The molecular formula is C20H17FN4OS. The maximum Gasteiger partial charge on any atom is 0.242 e. The smallest absolute Gasteiger partial charge is 0.242 e. The second-order valence-electron chi connectivity index (χ2n) is 6.18. The molecule has 5 nitrogen and oxygen atoms in total. The summed E-state index contributed by atoms with van der Waals surface area (Å²) < 4.78 is 14.6. The molecule has 0 saturated carbocycles. The van der Waals surface area contributed by atoms with Gasteiger partial charge in [0.25, 0.3) is 0 Å². The number of carbonyl (C=O) groups is 1. The van der Waals surface area contributed by atoms with Crippen LogP contribution in [0.2, 0.25) is 0 Å². The van der Waals surface area contributed by atoms with Gasteiger partial charge in [-0.2, -0.15) is 5.10 Å². The largest absolute Gasteiger partial charge is 0.350 e. The fraction of sp³-hybridized carbons (Fsp3) is 0.150. The lowest BCUT2D eigenvalue weighted by Gasteiger charge is -2.06. The molecule has 0 aliphatic rings. The minimum atomic E-state index is -0.295. The van der Waals surface area contributed by atoms with Gasteiger partial charge in [0, 0.05) is 23.2 Å². The van der Waals surface area contributed by atoms with Crippen molar-refractivity contribution in [1.82, 2.24) is 20.1 Å². The van der Waals surface area contributed by atoms with Crippen molar-refractivity contribution in [2.45, 2.75) is 20.0 Å². The van der Waals surface area contributed by atoms with Crippen molar-refractivity contribution in [2.24, 2.45) is 0 Å². The molecule has 1 amide bonds. The zero-order chi connectivity index (χ0) is 18.8. The zero-order valence-electron chi connectivity index (χ0n) is 14.6. The molecule has 0 unspecified atom stereocenters. The van der Waals surface area contributed by atoms with Crippen LogP contribution in [0.3, 0.4) is 0 Å². The molecule has 1 N–H and O–H groups in total. The van der Waals surface area contributed by atoms with Gasteiger partial charge in [0.1, 0.15) is 12.4 Å². The molecule has 7 heteroatoms. The average molecular weight is 380 g/mol. The van der Waals surface area contributed by atoms with Crippen molar-refractivity contribution in [3.63, 3.8) is 0 Å². The Hall–Kier alpha value is -3.06. The number of rotatable bonds is 5. The second kappa shape index (κ2) is 7.28. The summed E-state index contributed by atoms with van der Waals surface area (Å²) in [6, 6.07) is 12.1. The highest BCUT2D eigenvalue weighted by molar-refractivity contribution is 7.13. The van der Waals surface area contributed by atoms with Crippen LogP contribution in [0.15, 0.2) is 54.0 Å². The predicted molar refractivity (Wildman–Crippen MR) is 104 cm³/mol. The van der Waals surface area contributed by atoms with E-state index in [-0.39, 0.29) is 18.3 Å². The van der Waals surface area contributed by atoms with Gasteiger partial charge in [-0.05, 0) is 42.1 Å². The molecule has 0 aliphatic heterocycles. The third-order valence-electron chi connectivity index (χ3n) is 4.29. The molecule has 4 rings (SSSR count). The van der Waals surface area contributed by atoms with Gasteiger partial charge >= 0.3 is 0 Å². The Bertz CT molecular complexity index is 1090. The number of thiophene rings is 1. The highest BCUT2D eigenvalue weighted by Gasteiger charge is 2.16. The minimum absolute atomic E-state index is 0.0758. The molecule has 0 bridgehead atoms. The number of carbonyl (C=O) groups excluding carboxylic acids is 1. The summed E-state index contributed by atoms with van der Waals surface area (Å²) >= 11 is 1.66. The monoisotopic (exact) mass is 380 g/mol. The summed E-state index contributed by atoms with van der Waals surface area (Å²) in [4.78, 5) is 17.9. The Morgan fingerprint density at radius 1 is 1.22 bits per heavy atom. The van der Waals surface area contributed by atoms with E-state index in [1.165, 1.54) is 12.1 Å². The number of hydrogen-bond acceptors (Lipinski definition) is 4. The van der Waals surface area contributed by atoms with Crippen LogP contribution in [0.4, 0.5) is 4.39 Å². The Balaban J connectivity index is 1.55. The lowest BCUT2D eigenvalue weighted by atomic mass is 10.1. The maximum absolute atomic E-state index is 13.0. The summed E-state index contributed by atoms with van der Waals surface area (Å²) in [5.41, 5.74) is 3.44. The highest BCUT2D eigenvalue weighted by Crippen LogP contribution is 2.32. The highest BCUT2D eigenvalue weighted by atomic mass is 32.1. The van der Waals surface area contributed by atoms with E-state index >= 15 is 0 Å². The van der Waals surface area contributed by atoms with Gasteiger partial charge in [0.05, 0.1) is 11.1 Å². The number of benzene rings is 1. The van der Waals surface area contributed by atoms with Crippen LogP contribution in [0.5, 0.6) is 0 Å². The Morgan fingerprint density at radius 2 is 2.04 bits per heavy atom. The SMILES string of the molecule is Cc1nn(CC(=O)NCc2ccc(F)cc2)c2nccc(-c3cccs3)c12. The van der Waals surface area contributed by atoms with Crippen LogP contribution in [-0.2, 0) is 17.9 Å². The number of nitrogens with one attached hydrogen (secondary N) is 1. The van der Waals surface area contributed by atoms with E-state index in [9.17, 15) is 9.18 Å². The van der Waals surface area contributed by atoms with Gasteiger partial charge in [0.15, 0.2) is 5.65 Å². The first-order chi connectivity index (χ1) is 13.1. The molecule has 0 aliphatic carbocycles. The van der Waals surface area contributed by atoms with Crippen molar-refractivity contribution in [1.29, 1.82) is 0 Å². The minimum Gasteiger partial charge on any atom is -0.350 e. The Morgan fingerprint density at radius 3 is 2.78 bits per heavy atom. The van der Waals surface area contributed by atoms with Crippen LogP contribution < -0.4 is 5.32 Å². The number of aryl methyl sites for hydroxylation is 1. The standard InChI is InChI=1S/C20H17FN4OS/c1-13-19-16(17-3-2-10-27-17)8-9-22-20(19)25(24-13)12-18(26)23-11-14-4-6-15(21)7-5-14/h2-10H,11-12H2,1H3,(H,23,26). The van der Waals surface area contributed by atoms with Crippen molar-refractivity contribution < 1.29 is 9.18 Å². The zero-order valence-corrected chi connectivity index (χ0v) is 15.5. The average Bonchev–Trinajstić information content (AvgIpc) is 3.30. The molecule has 3 heterocycles. The molecule has 0 fully saturated rings. The third kappa shape index (κ3) is 3.59. The van der Waals surface area contributed by atoms with Crippen molar-refractivity contribution in [3.8, 4) is 10.4 Å². The summed E-state index contributed by atoms with van der Waals surface area (Å²) in [6.45, 7) is 2.34. The van der Waals surface area contributed by atoms with E-state index in [1.54, 1.807) is 34.3 Å². The number of aromatic nitrogens is 3. The first kappa shape index (κ1) is 17.4. The van der Waals surface area contributed by atoms with E-state index in [1.807, 2.05) is 24.4 Å². The van der Waals surface area contributed by atoms with Crippen LogP contribution in [0.1, 0.15) is 11.3 Å². The van der Waals surface area contributed by atoms with Crippen LogP contribution in [-0.4, -0.2) is 20.7 Å². The number of halogens is 1. The van der Waals surface area contributed by atoms with Crippen molar-refractivity contribution in [2.75, 3.05) is 0 Å². The van der Waals surface area contributed by atoms with Gasteiger partial charge < -0.3 is 5.32 Å². The van der Waals surface area contributed by atoms with E-state index in [0.717, 1.165) is 27.1 Å². The van der Waals surface area contributed by atoms with Crippen molar-refractivity contribution >= 4 is 28.3 Å². The normalized spacial score (nSPS) is 11.0. The first-order valence-corrected chi connectivity index (χ1v) is 9.37. The summed E-state index contributed by atoms with van der Waals surface area (Å²) in [5, 5.41) is 10.3. The maximum atomic E-state index is 13.0. The number of hydrogen-bond donors (Lipinski definition) is 1. The number of pyridine rings is 1. The molecule has 27 heavy (non-hydrogen) atoms. The lowest BCUT2D eigenvalue weighted by molar-refractivity contribution is -0.121.